The number of nitrogens with one attached hydrogen (secondary N) is 1. The minimum atomic E-state index is -0.0526. The minimum Gasteiger partial charge on any atom is -0.306 e. The van der Waals surface area contributed by atoms with E-state index in [1.54, 1.807) is 6.20 Å². The Morgan fingerprint density at radius 3 is 2.78 bits per heavy atom. The highest BCUT2D eigenvalue weighted by Gasteiger charge is 2.09. The Morgan fingerprint density at radius 2 is 2.17 bits per heavy atom. The van der Waals surface area contributed by atoms with Gasteiger partial charge >= 0.3 is 0 Å². The lowest BCUT2D eigenvalue weighted by Gasteiger charge is -2.03. The van der Waals surface area contributed by atoms with Gasteiger partial charge in [-0.15, -0.1) is 0 Å². The predicted molar refractivity (Wildman–Crippen MR) is 70.5 cm³/mol. The third-order valence-electron chi connectivity index (χ3n) is 2.94. The van der Waals surface area contributed by atoms with Crippen molar-refractivity contribution in [2.24, 2.45) is 0 Å². The lowest BCUT2D eigenvalue weighted by Crippen LogP contribution is -2.16. The van der Waals surface area contributed by atoms with Crippen LogP contribution in [0.3, 0.4) is 0 Å². The Hall–Kier alpha value is -1.91. The standard InChI is InChI=1S/C13H18N4O/c1-4-6-17-8-10(7-14-17)12-15-9(3)11(5-2)13(18)16-12/h7-8H,4-6H2,1-3H3,(H,15,16,18). The molecule has 0 aliphatic carbocycles. The highest BCUT2D eigenvalue weighted by Crippen LogP contribution is 2.13. The topological polar surface area (TPSA) is 63.6 Å². The number of nitrogens with zero attached hydrogens (tertiary/aromatic N) is 3. The smallest absolute Gasteiger partial charge is 0.254 e. The normalized spacial score (nSPS) is 10.8. The third kappa shape index (κ3) is 2.34. The molecule has 2 rings (SSSR count). The fourth-order valence-corrected chi connectivity index (χ4v) is 2.00. The van der Waals surface area contributed by atoms with Gasteiger partial charge in [-0.2, -0.15) is 5.10 Å². The molecule has 5 heteroatoms. The molecule has 2 heterocycles. The number of aromatic amines is 1. The minimum absolute atomic E-state index is 0.0526. The average Bonchev–Trinajstić information content (AvgIpc) is 2.78. The van der Waals surface area contributed by atoms with Gasteiger partial charge in [-0.05, 0) is 19.8 Å². The first-order chi connectivity index (χ1) is 8.65. The molecule has 0 fully saturated rings. The summed E-state index contributed by atoms with van der Waals surface area (Å²) in [6.07, 6.45) is 5.37. The number of hydrogen-bond acceptors (Lipinski definition) is 3. The molecule has 0 saturated carbocycles. The van der Waals surface area contributed by atoms with E-state index in [0.29, 0.717) is 12.2 Å². The number of aromatic nitrogens is 4. The molecule has 0 aromatic carbocycles. The van der Waals surface area contributed by atoms with Crippen molar-refractivity contribution in [3.63, 3.8) is 0 Å². The van der Waals surface area contributed by atoms with E-state index in [-0.39, 0.29) is 5.56 Å². The lowest BCUT2D eigenvalue weighted by atomic mass is 10.2. The maximum Gasteiger partial charge on any atom is 0.254 e. The second-order valence-corrected chi connectivity index (χ2v) is 4.32. The summed E-state index contributed by atoms with van der Waals surface area (Å²) in [4.78, 5) is 19.1. The highest BCUT2D eigenvalue weighted by atomic mass is 16.1. The third-order valence-corrected chi connectivity index (χ3v) is 2.94. The van der Waals surface area contributed by atoms with Crippen molar-refractivity contribution in [1.82, 2.24) is 19.7 Å². The van der Waals surface area contributed by atoms with Gasteiger partial charge in [0, 0.05) is 24.0 Å². The van der Waals surface area contributed by atoms with Crippen LogP contribution in [0.15, 0.2) is 17.2 Å². The molecule has 0 bridgehead atoms. The summed E-state index contributed by atoms with van der Waals surface area (Å²) in [6.45, 7) is 6.80. The van der Waals surface area contributed by atoms with Crippen LogP contribution in [0.4, 0.5) is 0 Å². The summed E-state index contributed by atoms with van der Waals surface area (Å²) in [7, 11) is 0. The predicted octanol–water partition coefficient (Wildman–Crippen LogP) is 1.91. The molecule has 0 spiro atoms. The van der Waals surface area contributed by atoms with Crippen LogP contribution in [-0.2, 0) is 13.0 Å². The SMILES string of the molecule is CCCn1cc(-c2nc(C)c(CC)c(=O)[nH]2)cn1. The molecule has 96 valence electrons. The van der Waals surface area contributed by atoms with Gasteiger partial charge in [0.25, 0.3) is 5.56 Å². The molecular weight excluding hydrogens is 228 g/mol. The molecule has 0 aliphatic heterocycles. The fraction of sp³-hybridized carbons (Fsp3) is 0.462. The van der Waals surface area contributed by atoms with Crippen LogP contribution in [0, 0.1) is 6.92 Å². The van der Waals surface area contributed by atoms with Crippen LogP contribution >= 0.6 is 0 Å². The number of rotatable bonds is 4. The van der Waals surface area contributed by atoms with Crippen molar-refractivity contribution in [1.29, 1.82) is 0 Å². The molecule has 0 saturated heterocycles. The average molecular weight is 246 g/mol. The summed E-state index contributed by atoms with van der Waals surface area (Å²) in [5.74, 6) is 0.594. The second-order valence-electron chi connectivity index (χ2n) is 4.32. The van der Waals surface area contributed by atoms with Gasteiger partial charge < -0.3 is 4.98 Å². The van der Waals surface area contributed by atoms with E-state index in [0.717, 1.165) is 29.8 Å². The first-order valence-electron chi connectivity index (χ1n) is 6.28. The van der Waals surface area contributed by atoms with E-state index >= 15 is 0 Å². The highest BCUT2D eigenvalue weighted by molar-refractivity contribution is 5.52. The van der Waals surface area contributed by atoms with E-state index in [1.807, 2.05) is 24.7 Å². The zero-order chi connectivity index (χ0) is 13.1. The molecule has 0 aliphatic rings. The molecule has 0 unspecified atom stereocenters. The Kier molecular flexibility index (Phi) is 3.60. The molecule has 1 N–H and O–H groups in total. The molecular formula is C13H18N4O. The maximum atomic E-state index is 11.9. The Morgan fingerprint density at radius 1 is 1.39 bits per heavy atom. The molecule has 2 aromatic heterocycles. The summed E-state index contributed by atoms with van der Waals surface area (Å²) >= 11 is 0. The maximum absolute atomic E-state index is 11.9. The zero-order valence-corrected chi connectivity index (χ0v) is 11.0. The number of hydrogen-bond donors (Lipinski definition) is 1. The van der Waals surface area contributed by atoms with Gasteiger partial charge in [0.2, 0.25) is 0 Å². The Balaban J connectivity index is 2.41. The van der Waals surface area contributed by atoms with Crippen molar-refractivity contribution in [2.75, 3.05) is 0 Å². The molecule has 2 aromatic rings. The van der Waals surface area contributed by atoms with E-state index < -0.39 is 0 Å². The zero-order valence-electron chi connectivity index (χ0n) is 11.0. The monoisotopic (exact) mass is 246 g/mol. The van der Waals surface area contributed by atoms with Gasteiger partial charge in [-0.25, -0.2) is 4.98 Å². The lowest BCUT2D eigenvalue weighted by molar-refractivity contribution is 0.603. The van der Waals surface area contributed by atoms with Crippen LogP contribution in [0.2, 0.25) is 0 Å². The first kappa shape index (κ1) is 12.5. The van der Waals surface area contributed by atoms with Crippen LogP contribution in [0.1, 0.15) is 31.5 Å². The van der Waals surface area contributed by atoms with Gasteiger partial charge in [0.15, 0.2) is 0 Å². The largest absolute Gasteiger partial charge is 0.306 e. The molecule has 5 nitrogen and oxygen atoms in total. The van der Waals surface area contributed by atoms with Crippen LogP contribution in [0.25, 0.3) is 11.4 Å². The summed E-state index contributed by atoms with van der Waals surface area (Å²) < 4.78 is 1.86. The molecule has 0 radical (unpaired) electrons. The van der Waals surface area contributed by atoms with Crippen molar-refractivity contribution in [3.05, 3.63) is 34.0 Å². The summed E-state index contributed by atoms with van der Waals surface area (Å²) in [5, 5.41) is 4.24. The van der Waals surface area contributed by atoms with Gasteiger partial charge in [-0.3, -0.25) is 9.48 Å². The molecule has 0 amide bonds. The number of aryl methyl sites for hydroxylation is 2. The molecule has 18 heavy (non-hydrogen) atoms. The van der Waals surface area contributed by atoms with Crippen molar-refractivity contribution < 1.29 is 0 Å². The summed E-state index contributed by atoms with van der Waals surface area (Å²) in [6, 6.07) is 0. The quantitative estimate of drug-likeness (QED) is 0.896. The van der Waals surface area contributed by atoms with Crippen molar-refractivity contribution >= 4 is 0 Å². The summed E-state index contributed by atoms with van der Waals surface area (Å²) in [5.41, 5.74) is 2.34. The van der Waals surface area contributed by atoms with Gasteiger partial charge in [-0.1, -0.05) is 13.8 Å². The van der Waals surface area contributed by atoms with E-state index in [2.05, 4.69) is 22.0 Å². The fourth-order valence-electron chi connectivity index (χ4n) is 2.00. The van der Waals surface area contributed by atoms with E-state index in [4.69, 9.17) is 0 Å². The second kappa shape index (κ2) is 5.16. The van der Waals surface area contributed by atoms with E-state index in [9.17, 15) is 4.79 Å². The van der Waals surface area contributed by atoms with Gasteiger partial charge in [0.1, 0.15) is 5.82 Å². The van der Waals surface area contributed by atoms with E-state index in [1.165, 1.54) is 0 Å². The van der Waals surface area contributed by atoms with Crippen LogP contribution < -0.4 is 5.56 Å². The van der Waals surface area contributed by atoms with Crippen molar-refractivity contribution in [3.8, 4) is 11.4 Å². The Bertz CT molecular complexity index is 597. The Labute approximate surface area is 106 Å². The number of H-pyrrole nitrogens is 1. The molecule has 0 atom stereocenters. The van der Waals surface area contributed by atoms with Crippen molar-refractivity contribution in [2.45, 2.75) is 40.2 Å². The first-order valence-corrected chi connectivity index (χ1v) is 6.28. The van der Waals surface area contributed by atoms with Crippen LogP contribution in [0.5, 0.6) is 0 Å². The van der Waals surface area contributed by atoms with Gasteiger partial charge in [0.05, 0.1) is 11.8 Å². The van der Waals surface area contributed by atoms with Crippen LogP contribution in [-0.4, -0.2) is 19.7 Å².